The Bertz CT molecular complexity index is 776. The molecule has 2 aromatic rings. The molecule has 0 aliphatic carbocycles. The van der Waals surface area contributed by atoms with Crippen LogP contribution in [0, 0.1) is 27.7 Å². The van der Waals surface area contributed by atoms with Crippen molar-refractivity contribution in [2.45, 2.75) is 39.1 Å². The molecule has 0 amide bonds. The Kier molecular flexibility index (Phi) is 4.20. The van der Waals surface area contributed by atoms with Crippen molar-refractivity contribution < 1.29 is 8.42 Å². The molecule has 0 bridgehead atoms. The van der Waals surface area contributed by atoms with E-state index in [1.807, 2.05) is 40.8 Å². The average molecular weight is 307 g/mol. The molecule has 114 valence electrons. The SMILES string of the molecule is Cc1ccc(S(=O)(=O)NCc2c(C)nn(C)c2C)cc1C. The average Bonchev–Trinajstić information content (AvgIpc) is 2.64. The third-order valence-corrected chi connectivity index (χ3v) is 5.29. The maximum atomic E-state index is 12.4. The van der Waals surface area contributed by atoms with Crippen LogP contribution >= 0.6 is 0 Å². The van der Waals surface area contributed by atoms with Crippen molar-refractivity contribution in [1.29, 1.82) is 0 Å². The molecule has 5 nitrogen and oxygen atoms in total. The highest BCUT2D eigenvalue weighted by Gasteiger charge is 2.17. The van der Waals surface area contributed by atoms with Crippen molar-refractivity contribution in [1.82, 2.24) is 14.5 Å². The number of aromatic nitrogens is 2. The van der Waals surface area contributed by atoms with Gasteiger partial charge < -0.3 is 0 Å². The topological polar surface area (TPSA) is 64.0 Å². The minimum absolute atomic E-state index is 0.251. The van der Waals surface area contributed by atoms with E-state index >= 15 is 0 Å². The first-order valence-electron chi connectivity index (χ1n) is 6.78. The molecular formula is C15H21N3O2S. The van der Waals surface area contributed by atoms with E-state index in [-0.39, 0.29) is 6.54 Å². The summed E-state index contributed by atoms with van der Waals surface area (Å²) in [5.41, 5.74) is 4.78. The van der Waals surface area contributed by atoms with Gasteiger partial charge in [0.2, 0.25) is 10.0 Å². The van der Waals surface area contributed by atoms with Gasteiger partial charge in [0.1, 0.15) is 0 Å². The first-order valence-corrected chi connectivity index (χ1v) is 8.26. The number of aryl methyl sites for hydroxylation is 4. The second kappa shape index (κ2) is 5.61. The molecule has 0 spiro atoms. The van der Waals surface area contributed by atoms with Crippen LogP contribution < -0.4 is 4.72 Å². The number of nitrogens with zero attached hydrogens (tertiary/aromatic N) is 2. The minimum Gasteiger partial charge on any atom is -0.272 e. The lowest BCUT2D eigenvalue weighted by molar-refractivity contribution is 0.581. The Morgan fingerprint density at radius 3 is 2.33 bits per heavy atom. The fraction of sp³-hybridized carbons (Fsp3) is 0.400. The Morgan fingerprint density at radius 2 is 1.81 bits per heavy atom. The highest BCUT2D eigenvalue weighted by Crippen LogP contribution is 2.16. The first kappa shape index (κ1) is 15.7. The normalized spacial score (nSPS) is 11.9. The molecule has 1 aromatic heterocycles. The molecule has 0 aliphatic rings. The van der Waals surface area contributed by atoms with Crippen molar-refractivity contribution in [3.8, 4) is 0 Å². The summed E-state index contributed by atoms with van der Waals surface area (Å²) >= 11 is 0. The van der Waals surface area contributed by atoms with Crippen molar-refractivity contribution in [2.24, 2.45) is 7.05 Å². The van der Waals surface area contributed by atoms with Crippen molar-refractivity contribution in [2.75, 3.05) is 0 Å². The van der Waals surface area contributed by atoms with Gasteiger partial charge in [0.15, 0.2) is 0 Å². The van der Waals surface area contributed by atoms with Crippen LogP contribution in [0.25, 0.3) is 0 Å². The summed E-state index contributed by atoms with van der Waals surface area (Å²) in [6.45, 7) is 7.93. The quantitative estimate of drug-likeness (QED) is 0.941. The van der Waals surface area contributed by atoms with Crippen LogP contribution in [0.5, 0.6) is 0 Å². The van der Waals surface area contributed by atoms with Gasteiger partial charge in [-0.3, -0.25) is 4.68 Å². The molecular weight excluding hydrogens is 286 g/mol. The molecule has 1 N–H and O–H groups in total. The summed E-state index contributed by atoms with van der Waals surface area (Å²) in [6, 6.07) is 5.15. The number of hydrogen-bond donors (Lipinski definition) is 1. The van der Waals surface area contributed by atoms with Crippen LogP contribution in [0.2, 0.25) is 0 Å². The number of sulfonamides is 1. The van der Waals surface area contributed by atoms with Gasteiger partial charge >= 0.3 is 0 Å². The van der Waals surface area contributed by atoms with Gasteiger partial charge in [-0.05, 0) is 51.0 Å². The number of rotatable bonds is 4. The molecule has 1 aromatic carbocycles. The second-order valence-electron chi connectivity index (χ2n) is 5.34. The van der Waals surface area contributed by atoms with E-state index in [0.29, 0.717) is 4.90 Å². The molecule has 2 rings (SSSR count). The standard InChI is InChI=1S/C15H21N3O2S/c1-10-6-7-14(8-11(10)2)21(19,20)16-9-15-12(3)17-18(5)13(15)4/h6-8,16H,9H2,1-5H3. The lowest BCUT2D eigenvalue weighted by atomic mass is 10.1. The zero-order chi connectivity index (χ0) is 15.8. The number of benzene rings is 1. The van der Waals surface area contributed by atoms with Crippen LogP contribution in [-0.2, 0) is 23.6 Å². The third-order valence-electron chi connectivity index (χ3n) is 3.89. The van der Waals surface area contributed by atoms with Gasteiger partial charge in [-0.1, -0.05) is 6.07 Å². The van der Waals surface area contributed by atoms with Gasteiger partial charge in [0, 0.05) is 24.8 Å². The first-order chi connectivity index (χ1) is 9.72. The smallest absolute Gasteiger partial charge is 0.240 e. The largest absolute Gasteiger partial charge is 0.272 e. The highest BCUT2D eigenvalue weighted by molar-refractivity contribution is 7.89. The molecule has 0 saturated carbocycles. The molecule has 6 heteroatoms. The van der Waals surface area contributed by atoms with Crippen molar-refractivity contribution in [3.63, 3.8) is 0 Å². The molecule has 0 unspecified atom stereocenters. The van der Waals surface area contributed by atoms with E-state index in [9.17, 15) is 8.42 Å². The lowest BCUT2D eigenvalue weighted by Crippen LogP contribution is -2.24. The molecule has 1 heterocycles. The van der Waals surface area contributed by atoms with Crippen LogP contribution in [0.3, 0.4) is 0 Å². The van der Waals surface area contributed by atoms with E-state index in [0.717, 1.165) is 28.1 Å². The molecule has 21 heavy (non-hydrogen) atoms. The lowest BCUT2D eigenvalue weighted by Gasteiger charge is -2.09. The van der Waals surface area contributed by atoms with Crippen LogP contribution in [0.15, 0.2) is 23.1 Å². The van der Waals surface area contributed by atoms with Crippen molar-refractivity contribution >= 4 is 10.0 Å². The fourth-order valence-corrected chi connectivity index (χ4v) is 3.29. The van der Waals surface area contributed by atoms with E-state index in [1.165, 1.54) is 0 Å². The predicted molar refractivity (Wildman–Crippen MR) is 82.6 cm³/mol. The van der Waals surface area contributed by atoms with Gasteiger partial charge in [-0.25, -0.2) is 13.1 Å². The summed E-state index contributed by atoms with van der Waals surface area (Å²) in [7, 11) is -1.66. The van der Waals surface area contributed by atoms with Crippen LogP contribution in [0.4, 0.5) is 0 Å². The summed E-state index contributed by atoms with van der Waals surface area (Å²) < 4.78 is 29.1. The fourth-order valence-electron chi connectivity index (χ4n) is 2.20. The Balaban J connectivity index is 2.23. The van der Waals surface area contributed by atoms with Gasteiger partial charge in [-0.15, -0.1) is 0 Å². The summed E-state index contributed by atoms with van der Waals surface area (Å²) in [6.07, 6.45) is 0. The Hall–Kier alpha value is -1.66. The van der Waals surface area contributed by atoms with E-state index < -0.39 is 10.0 Å². The summed E-state index contributed by atoms with van der Waals surface area (Å²) in [5.74, 6) is 0. The number of hydrogen-bond acceptors (Lipinski definition) is 3. The van der Waals surface area contributed by atoms with E-state index in [1.54, 1.807) is 16.8 Å². The minimum atomic E-state index is -3.51. The van der Waals surface area contributed by atoms with Crippen molar-refractivity contribution in [3.05, 3.63) is 46.3 Å². The molecule has 0 fully saturated rings. The van der Waals surface area contributed by atoms with Gasteiger partial charge in [-0.2, -0.15) is 5.10 Å². The zero-order valence-electron chi connectivity index (χ0n) is 13.1. The maximum absolute atomic E-state index is 12.4. The molecule has 0 atom stereocenters. The van der Waals surface area contributed by atoms with Gasteiger partial charge in [0.25, 0.3) is 0 Å². The summed E-state index contributed by atoms with van der Waals surface area (Å²) in [4.78, 5) is 0.296. The monoisotopic (exact) mass is 307 g/mol. The Morgan fingerprint density at radius 1 is 1.14 bits per heavy atom. The van der Waals surface area contributed by atoms with Crippen LogP contribution in [-0.4, -0.2) is 18.2 Å². The molecule has 0 aliphatic heterocycles. The predicted octanol–water partition coefficient (Wildman–Crippen LogP) is 2.13. The number of nitrogens with one attached hydrogen (secondary N) is 1. The third kappa shape index (κ3) is 3.16. The maximum Gasteiger partial charge on any atom is 0.240 e. The molecule has 0 radical (unpaired) electrons. The highest BCUT2D eigenvalue weighted by atomic mass is 32.2. The van der Waals surface area contributed by atoms with Gasteiger partial charge in [0.05, 0.1) is 10.6 Å². The van der Waals surface area contributed by atoms with Crippen LogP contribution in [0.1, 0.15) is 28.1 Å². The zero-order valence-corrected chi connectivity index (χ0v) is 13.9. The van der Waals surface area contributed by atoms with E-state index in [2.05, 4.69) is 9.82 Å². The Labute approximate surface area is 126 Å². The second-order valence-corrected chi connectivity index (χ2v) is 7.11. The molecule has 0 saturated heterocycles. The van der Waals surface area contributed by atoms with E-state index in [4.69, 9.17) is 0 Å². The summed E-state index contributed by atoms with van der Waals surface area (Å²) in [5, 5.41) is 4.29.